The van der Waals surface area contributed by atoms with E-state index < -0.39 is 6.10 Å². The lowest BCUT2D eigenvalue weighted by Gasteiger charge is -2.41. The number of benzene rings is 1. The van der Waals surface area contributed by atoms with Crippen molar-refractivity contribution < 1.29 is 9.84 Å². The number of aliphatic hydroxyl groups is 1. The minimum atomic E-state index is -0.469. The highest BCUT2D eigenvalue weighted by Crippen LogP contribution is 2.40. The first kappa shape index (κ1) is 16.3. The minimum Gasteiger partial charge on any atom is -0.491 e. The fourth-order valence-corrected chi connectivity index (χ4v) is 3.29. The van der Waals surface area contributed by atoms with E-state index in [1.165, 1.54) is 18.4 Å². The highest BCUT2D eigenvalue weighted by atomic mass is 16.5. The molecule has 0 radical (unpaired) electrons. The summed E-state index contributed by atoms with van der Waals surface area (Å²) in [5, 5.41) is 10.3. The van der Waals surface area contributed by atoms with Crippen molar-refractivity contribution in [2.24, 2.45) is 0 Å². The van der Waals surface area contributed by atoms with Gasteiger partial charge in [0.05, 0.1) is 0 Å². The zero-order valence-corrected chi connectivity index (χ0v) is 14.0. The summed E-state index contributed by atoms with van der Waals surface area (Å²) in [7, 11) is 0. The Morgan fingerprint density at radius 1 is 1.10 bits per heavy atom. The van der Waals surface area contributed by atoms with Crippen molar-refractivity contribution in [1.82, 2.24) is 4.90 Å². The van der Waals surface area contributed by atoms with E-state index in [0.29, 0.717) is 13.2 Å². The number of aliphatic hydroxyl groups excluding tert-OH is 1. The van der Waals surface area contributed by atoms with Crippen molar-refractivity contribution in [3.05, 3.63) is 29.8 Å². The molecule has 1 atom stereocenters. The third-order valence-corrected chi connectivity index (χ3v) is 4.67. The number of likely N-dealkylation sites (tertiary alicyclic amines) is 1. The molecule has 1 aromatic carbocycles. The van der Waals surface area contributed by atoms with Crippen LogP contribution in [0.5, 0.6) is 5.75 Å². The first-order valence-corrected chi connectivity index (χ1v) is 7.86. The van der Waals surface area contributed by atoms with Crippen LogP contribution in [-0.4, -0.2) is 40.3 Å². The Bertz CT molecular complexity index is 449. The topological polar surface area (TPSA) is 32.7 Å². The maximum Gasteiger partial charge on any atom is 0.119 e. The van der Waals surface area contributed by atoms with Gasteiger partial charge in [0.25, 0.3) is 0 Å². The highest BCUT2D eigenvalue weighted by molar-refractivity contribution is 5.26. The van der Waals surface area contributed by atoms with E-state index in [-0.39, 0.29) is 11.1 Å². The minimum absolute atomic E-state index is 0.147. The predicted octanol–water partition coefficient (Wildman–Crippen LogP) is 3.39. The molecule has 2 rings (SSSR count). The van der Waals surface area contributed by atoms with Crippen LogP contribution < -0.4 is 4.74 Å². The SMILES string of the molecule is Cc1ccc(OCC(O)CN2C(C)(C)CCC2(C)C)cc1. The van der Waals surface area contributed by atoms with E-state index in [1.54, 1.807) is 0 Å². The summed E-state index contributed by atoms with van der Waals surface area (Å²) in [4.78, 5) is 2.42. The third kappa shape index (κ3) is 3.98. The van der Waals surface area contributed by atoms with Gasteiger partial charge in [-0.15, -0.1) is 0 Å². The number of β-amino-alcohol motifs (C(OH)–C–C–N with tert-alkyl or cyclic N) is 1. The van der Waals surface area contributed by atoms with Crippen LogP contribution in [0.2, 0.25) is 0 Å². The molecular formula is C18H29NO2. The van der Waals surface area contributed by atoms with Crippen LogP contribution in [0.3, 0.4) is 0 Å². The number of nitrogens with zero attached hydrogens (tertiary/aromatic N) is 1. The maximum absolute atomic E-state index is 10.3. The zero-order valence-electron chi connectivity index (χ0n) is 14.0. The fourth-order valence-electron chi connectivity index (χ4n) is 3.29. The molecule has 0 bridgehead atoms. The van der Waals surface area contributed by atoms with Crippen molar-refractivity contribution in [2.45, 2.75) is 64.6 Å². The van der Waals surface area contributed by atoms with Crippen LogP contribution in [0.1, 0.15) is 46.1 Å². The van der Waals surface area contributed by atoms with Crippen LogP contribution in [0.25, 0.3) is 0 Å². The monoisotopic (exact) mass is 291 g/mol. The second-order valence-electron chi connectivity index (χ2n) is 7.51. The highest BCUT2D eigenvalue weighted by Gasteiger charge is 2.44. The molecular weight excluding hydrogens is 262 g/mol. The molecule has 21 heavy (non-hydrogen) atoms. The summed E-state index contributed by atoms with van der Waals surface area (Å²) in [6.07, 6.45) is 1.87. The van der Waals surface area contributed by atoms with Gasteiger partial charge < -0.3 is 9.84 Å². The molecule has 118 valence electrons. The normalized spacial score (nSPS) is 22.2. The molecule has 1 unspecified atom stereocenters. The summed E-state index contributed by atoms with van der Waals surface area (Å²) >= 11 is 0. The molecule has 0 spiro atoms. The average molecular weight is 291 g/mol. The van der Waals surface area contributed by atoms with E-state index >= 15 is 0 Å². The van der Waals surface area contributed by atoms with Crippen LogP contribution in [-0.2, 0) is 0 Å². The van der Waals surface area contributed by atoms with Crippen molar-refractivity contribution in [3.8, 4) is 5.75 Å². The second kappa shape index (κ2) is 5.98. The van der Waals surface area contributed by atoms with Gasteiger partial charge in [0.15, 0.2) is 0 Å². The number of hydrogen-bond acceptors (Lipinski definition) is 3. The van der Waals surface area contributed by atoms with Crippen molar-refractivity contribution in [3.63, 3.8) is 0 Å². The smallest absolute Gasteiger partial charge is 0.119 e. The van der Waals surface area contributed by atoms with Crippen molar-refractivity contribution in [1.29, 1.82) is 0 Å². The molecule has 1 aliphatic heterocycles. The van der Waals surface area contributed by atoms with Gasteiger partial charge >= 0.3 is 0 Å². The lowest BCUT2D eigenvalue weighted by Crippen LogP contribution is -2.52. The van der Waals surface area contributed by atoms with Gasteiger partial charge in [-0.2, -0.15) is 0 Å². The van der Waals surface area contributed by atoms with Crippen molar-refractivity contribution in [2.75, 3.05) is 13.2 Å². The zero-order chi connectivity index (χ0) is 15.7. The number of aryl methyl sites for hydroxylation is 1. The standard InChI is InChI=1S/C18H29NO2/c1-14-6-8-16(9-7-14)21-13-15(20)12-19-17(2,3)10-11-18(19,4)5/h6-9,15,20H,10-13H2,1-5H3. The third-order valence-electron chi connectivity index (χ3n) is 4.67. The average Bonchev–Trinajstić information content (AvgIpc) is 2.61. The van der Waals surface area contributed by atoms with E-state index in [2.05, 4.69) is 39.5 Å². The Balaban J connectivity index is 1.89. The second-order valence-corrected chi connectivity index (χ2v) is 7.51. The quantitative estimate of drug-likeness (QED) is 0.902. The molecule has 1 aromatic rings. The van der Waals surface area contributed by atoms with Gasteiger partial charge in [-0.05, 0) is 59.6 Å². The molecule has 0 amide bonds. The molecule has 1 N–H and O–H groups in total. The first-order valence-electron chi connectivity index (χ1n) is 7.86. The molecule has 0 aliphatic carbocycles. The van der Waals surface area contributed by atoms with Crippen LogP contribution >= 0.6 is 0 Å². The van der Waals surface area contributed by atoms with Crippen LogP contribution in [0.15, 0.2) is 24.3 Å². The molecule has 1 fully saturated rings. The molecule has 1 saturated heterocycles. The summed E-state index contributed by atoms with van der Waals surface area (Å²) in [5.74, 6) is 0.819. The molecule has 1 aliphatic rings. The fraction of sp³-hybridized carbons (Fsp3) is 0.667. The van der Waals surface area contributed by atoms with Crippen LogP contribution in [0.4, 0.5) is 0 Å². The Hall–Kier alpha value is -1.06. The van der Waals surface area contributed by atoms with E-state index in [1.807, 2.05) is 24.3 Å². The molecule has 1 heterocycles. The lowest BCUT2D eigenvalue weighted by atomic mass is 10.0. The first-order chi connectivity index (χ1) is 9.71. The Labute approximate surface area is 128 Å². The molecule has 0 saturated carbocycles. The number of rotatable bonds is 5. The van der Waals surface area contributed by atoms with E-state index in [0.717, 1.165) is 5.75 Å². The summed E-state index contributed by atoms with van der Waals surface area (Å²) < 4.78 is 5.69. The van der Waals surface area contributed by atoms with Gasteiger partial charge in [-0.25, -0.2) is 0 Å². The molecule has 3 heteroatoms. The summed E-state index contributed by atoms with van der Waals surface area (Å²) in [6.45, 7) is 12.1. The van der Waals surface area contributed by atoms with Gasteiger partial charge in [0, 0.05) is 17.6 Å². The van der Waals surface area contributed by atoms with Gasteiger partial charge in [0.2, 0.25) is 0 Å². The lowest BCUT2D eigenvalue weighted by molar-refractivity contribution is 0.00531. The Morgan fingerprint density at radius 3 is 2.14 bits per heavy atom. The Kier molecular flexibility index (Phi) is 4.64. The molecule has 0 aromatic heterocycles. The summed E-state index contributed by atoms with van der Waals surface area (Å²) in [6, 6.07) is 7.94. The predicted molar refractivity (Wildman–Crippen MR) is 86.8 cm³/mol. The summed E-state index contributed by atoms with van der Waals surface area (Å²) in [5.41, 5.74) is 1.51. The van der Waals surface area contributed by atoms with E-state index in [9.17, 15) is 5.11 Å². The number of hydrogen-bond donors (Lipinski definition) is 1. The molecule has 3 nitrogen and oxygen atoms in total. The Morgan fingerprint density at radius 2 is 1.62 bits per heavy atom. The van der Waals surface area contributed by atoms with Crippen LogP contribution in [0, 0.1) is 6.92 Å². The largest absolute Gasteiger partial charge is 0.491 e. The van der Waals surface area contributed by atoms with E-state index in [4.69, 9.17) is 4.74 Å². The number of ether oxygens (including phenoxy) is 1. The maximum atomic E-state index is 10.3. The van der Waals surface area contributed by atoms with Gasteiger partial charge in [0.1, 0.15) is 18.5 Å². The van der Waals surface area contributed by atoms with Gasteiger partial charge in [-0.3, -0.25) is 4.90 Å². The van der Waals surface area contributed by atoms with Crippen molar-refractivity contribution >= 4 is 0 Å². The van der Waals surface area contributed by atoms with Gasteiger partial charge in [-0.1, -0.05) is 17.7 Å².